The molecule has 0 aromatic carbocycles. The molecule has 0 amide bonds. The van der Waals surface area contributed by atoms with E-state index in [4.69, 9.17) is 23.4 Å². The van der Waals surface area contributed by atoms with Gasteiger partial charge in [0.15, 0.2) is 0 Å². The van der Waals surface area contributed by atoms with Crippen molar-refractivity contribution in [2.75, 3.05) is 6.61 Å². The highest BCUT2D eigenvalue weighted by molar-refractivity contribution is 8.23. The predicted molar refractivity (Wildman–Crippen MR) is 43.4 cm³/mol. The summed E-state index contributed by atoms with van der Waals surface area (Å²) >= 11 is 6.25. The van der Waals surface area contributed by atoms with Gasteiger partial charge in [0, 0.05) is 6.42 Å². The molecule has 9 heavy (non-hydrogen) atoms. The molecule has 1 nitrogen and oxygen atoms in total. The van der Waals surface area contributed by atoms with E-state index in [1.54, 1.807) is 0 Å². The molecule has 48 valence electrons. The lowest BCUT2D eigenvalue weighted by atomic mass is 10.3. The average Bonchev–Trinajstić information content (AvgIpc) is 1.88. The Balaban J connectivity index is 2.43. The summed E-state index contributed by atoms with van der Waals surface area (Å²) in [7, 11) is 0. The lowest BCUT2D eigenvalue weighted by Gasteiger charge is -2.17. The van der Waals surface area contributed by atoms with Crippen molar-refractivity contribution in [1.82, 2.24) is 0 Å². The van der Waals surface area contributed by atoms with E-state index < -0.39 is 0 Å². The SMILES string of the molecule is C#CC1CCOC(=S)S1. The van der Waals surface area contributed by atoms with Crippen LogP contribution in [0.15, 0.2) is 0 Å². The fourth-order valence-electron chi connectivity index (χ4n) is 0.576. The average molecular weight is 158 g/mol. The number of hydrogen-bond acceptors (Lipinski definition) is 3. The van der Waals surface area contributed by atoms with Crippen molar-refractivity contribution in [2.24, 2.45) is 0 Å². The molecule has 1 atom stereocenters. The first-order chi connectivity index (χ1) is 4.33. The monoisotopic (exact) mass is 158 g/mol. The molecule has 1 unspecified atom stereocenters. The summed E-state index contributed by atoms with van der Waals surface area (Å²) in [4.78, 5) is 0. The summed E-state index contributed by atoms with van der Waals surface area (Å²) in [6.45, 7) is 0.681. The number of hydrogen-bond donors (Lipinski definition) is 0. The van der Waals surface area contributed by atoms with E-state index in [1.165, 1.54) is 11.8 Å². The molecule has 1 aliphatic heterocycles. The van der Waals surface area contributed by atoms with Gasteiger partial charge in [-0.05, 0) is 12.2 Å². The van der Waals surface area contributed by atoms with Gasteiger partial charge in [-0.15, -0.1) is 6.42 Å². The molecule has 0 radical (unpaired) electrons. The third kappa shape index (κ3) is 1.88. The minimum absolute atomic E-state index is 0.242. The van der Waals surface area contributed by atoms with E-state index in [9.17, 15) is 0 Å². The molecule has 0 aromatic rings. The molecule has 0 bridgehead atoms. The minimum Gasteiger partial charge on any atom is -0.478 e. The highest BCUT2D eigenvalue weighted by Crippen LogP contribution is 2.21. The van der Waals surface area contributed by atoms with Gasteiger partial charge in [0.1, 0.15) is 0 Å². The zero-order valence-electron chi connectivity index (χ0n) is 4.79. The van der Waals surface area contributed by atoms with Gasteiger partial charge in [-0.1, -0.05) is 17.7 Å². The first-order valence-corrected chi connectivity index (χ1v) is 3.91. The van der Waals surface area contributed by atoms with Crippen molar-refractivity contribution >= 4 is 28.4 Å². The third-order valence-corrected chi connectivity index (χ3v) is 2.40. The predicted octanol–water partition coefficient (Wildman–Crippen LogP) is 1.43. The Bertz CT molecular complexity index is 159. The van der Waals surface area contributed by atoms with Gasteiger partial charge in [-0.2, -0.15) is 0 Å². The van der Waals surface area contributed by atoms with Crippen LogP contribution in [-0.2, 0) is 4.74 Å². The van der Waals surface area contributed by atoms with Crippen LogP contribution in [0, 0.1) is 12.3 Å². The van der Waals surface area contributed by atoms with Crippen LogP contribution in [0.5, 0.6) is 0 Å². The molecule has 1 fully saturated rings. The van der Waals surface area contributed by atoms with Gasteiger partial charge in [0.2, 0.25) is 4.38 Å². The molecular weight excluding hydrogens is 152 g/mol. The topological polar surface area (TPSA) is 9.23 Å². The smallest absolute Gasteiger partial charge is 0.221 e. The first kappa shape index (κ1) is 6.91. The number of ether oxygens (including phenoxy) is 1. The van der Waals surface area contributed by atoms with E-state index in [2.05, 4.69) is 5.92 Å². The molecule has 1 saturated heterocycles. The highest BCUT2D eigenvalue weighted by Gasteiger charge is 2.15. The number of rotatable bonds is 0. The Kier molecular flexibility index (Phi) is 2.38. The van der Waals surface area contributed by atoms with E-state index in [-0.39, 0.29) is 5.25 Å². The van der Waals surface area contributed by atoms with E-state index in [0.29, 0.717) is 11.0 Å². The van der Waals surface area contributed by atoms with E-state index in [1.807, 2.05) is 0 Å². The Morgan fingerprint density at radius 1 is 1.89 bits per heavy atom. The molecule has 0 aromatic heterocycles. The fraction of sp³-hybridized carbons (Fsp3) is 0.500. The van der Waals surface area contributed by atoms with Gasteiger partial charge >= 0.3 is 0 Å². The second-order valence-corrected chi connectivity index (χ2v) is 3.47. The molecule has 1 heterocycles. The summed E-state index contributed by atoms with van der Waals surface area (Å²) in [5.41, 5.74) is 0. The van der Waals surface area contributed by atoms with Crippen LogP contribution in [0.25, 0.3) is 0 Å². The molecule has 0 spiro atoms. The normalized spacial score (nSPS) is 26.6. The van der Waals surface area contributed by atoms with Gasteiger partial charge in [0.25, 0.3) is 0 Å². The van der Waals surface area contributed by atoms with Crippen LogP contribution in [-0.4, -0.2) is 16.2 Å². The quantitative estimate of drug-likeness (QED) is 0.390. The van der Waals surface area contributed by atoms with Crippen molar-refractivity contribution in [2.45, 2.75) is 11.7 Å². The first-order valence-electron chi connectivity index (χ1n) is 2.62. The van der Waals surface area contributed by atoms with E-state index in [0.717, 1.165) is 6.42 Å². The number of thioether (sulfide) groups is 1. The second-order valence-electron chi connectivity index (χ2n) is 1.66. The van der Waals surface area contributed by atoms with Crippen molar-refractivity contribution in [3.8, 4) is 12.3 Å². The van der Waals surface area contributed by atoms with Crippen molar-refractivity contribution in [3.63, 3.8) is 0 Å². The Labute approximate surface area is 64.2 Å². The Morgan fingerprint density at radius 2 is 2.67 bits per heavy atom. The lowest BCUT2D eigenvalue weighted by molar-refractivity contribution is 0.312. The Morgan fingerprint density at radius 3 is 3.11 bits per heavy atom. The maximum Gasteiger partial charge on any atom is 0.221 e. The molecule has 1 rings (SSSR count). The number of terminal acetylenes is 1. The van der Waals surface area contributed by atoms with Crippen LogP contribution < -0.4 is 0 Å². The van der Waals surface area contributed by atoms with Gasteiger partial charge in [0.05, 0.1) is 11.9 Å². The van der Waals surface area contributed by atoms with Crippen LogP contribution in [0.3, 0.4) is 0 Å². The highest BCUT2D eigenvalue weighted by atomic mass is 32.2. The van der Waals surface area contributed by atoms with Crippen LogP contribution in [0.2, 0.25) is 0 Å². The largest absolute Gasteiger partial charge is 0.478 e. The van der Waals surface area contributed by atoms with Gasteiger partial charge in [-0.25, -0.2) is 0 Å². The van der Waals surface area contributed by atoms with Crippen molar-refractivity contribution in [3.05, 3.63) is 0 Å². The van der Waals surface area contributed by atoms with Crippen molar-refractivity contribution < 1.29 is 4.74 Å². The van der Waals surface area contributed by atoms with Gasteiger partial charge in [-0.3, -0.25) is 0 Å². The maximum absolute atomic E-state index is 5.18. The molecule has 0 saturated carbocycles. The summed E-state index contributed by atoms with van der Waals surface area (Å²) in [5, 5.41) is 0.242. The third-order valence-electron chi connectivity index (χ3n) is 1.02. The molecule has 0 N–H and O–H groups in total. The lowest BCUT2D eigenvalue weighted by Crippen LogP contribution is -2.16. The van der Waals surface area contributed by atoms with E-state index >= 15 is 0 Å². The summed E-state index contributed by atoms with van der Waals surface area (Å²) in [6, 6.07) is 0. The zero-order valence-corrected chi connectivity index (χ0v) is 6.43. The van der Waals surface area contributed by atoms with Crippen LogP contribution in [0.1, 0.15) is 6.42 Å². The molecule has 0 aliphatic carbocycles. The minimum atomic E-state index is 0.242. The van der Waals surface area contributed by atoms with Crippen LogP contribution >= 0.6 is 24.0 Å². The number of thiocarbonyl (C=S) groups is 1. The summed E-state index contributed by atoms with van der Waals surface area (Å²) in [5.74, 6) is 2.63. The second kappa shape index (κ2) is 3.09. The van der Waals surface area contributed by atoms with Gasteiger partial charge < -0.3 is 4.74 Å². The van der Waals surface area contributed by atoms with Crippen molar-refractivity contribution in [1.29, 1.82) is 0 Å². The summed E-state index contributed by atoms with van der Waals surface area (Å²) in [6.07, 6.45) is 6.10. The Hall–Kier alpha value is -0.200. The maximum atomic E-state index is 5.18. The standard InChI is InChI=1S/C6H6OS2/c1-2-5-3-4-7-6(8)9-5/h1,5H,3-4H2. The molecule has 3 heteroatoms. The summed E-state index contributed by atoms with van der Waals surface area (Å²) < 4.78 is 5.60. The molecule has 1 aliphatic rings. The fourth-order valence-corrected chi connectivity index (χ4v) is 1.67. The zero-order chi connectivity index (χ0) is 6.69. The molecular formula is C6H6OS2. The van der Waals surface area contributed by atoms with Crippen LogP contribution in [0.4, 0.5) is 0 Å².